The van der Waals surface area contributed by atoms with Gasteiger partial charge in [0.15, 0.2) is 0 Å². The quantitative estimate of drug-likeness (QED) is 0.874. The third-order valence-electron chi connectivity index (χ3n) is 4.38. The fourth-order valence-corrected chi connectivity index (χ4v) is 4.81. The van der Waals surface area contributed by atoms with E-state index >= 15 is 0 Å². The highest BCUT2D eigenvalue weighted by atomic mass is 32.2. The second-order valence-electron chi connectivity index (χ2n) is 5.80. The third-order valence-corrected chi connectivity index (χ3v) is 6.27. The van der Waals surface area contributed by atoms with Gasteiger partial charge in [0, 0.05) is 18.6 Å². The maximum atomic E-state index is 12.7. The number of hydrogen-bond donors (Lipinski definition) is 1. The maximum absolute atomic E-state index is 12.7. The van der Waals surface area contributed by atoms with E-state index in [0.717, 1.165) is 24.8 Å². The summed E-state index contributed by atoms with van der Waals surface area (Å²) in [4.78, 5) is 0. The van der Waals surface area contributed by atoms with Crippen LogP contribution in [-0.4, -0.2) is 44.2 Å². The largest absolute Gasteiger partial charge is 0.316 e. The Hall–Kier alpha value is -0.910. The van der Waals surface area contributed by atoms with Crippen molar-refractivity contribution in [2.75, 3.05) is 19.3 Å². The molecule has 1 N–H and O–H groups in total. The number of sulfonamides is 1. The van der Waals surface area contributed by atoms with Crippen molar-refractivity contribution >= 4 is 10.0 Å². The molecule has 1 aliphatic rings. The van der Waals surface area contributed by atoms with E-state index in [-0.39, 0.29) is 17.8 Å². The Morgan fingerprint density at radius 2 is 2.00 bits per heavy atom. The molecule has 0 saturated carbocycles. The first-order valence-electron chi connectivity index (χ1n) is 7.75. The minimum atomic E-state index is -3.19. The van der Waals surface area contributed by atoms with Crippen molar-refractivity contribution in [1.29, 1.82) is 0 Å². The highest BCUT2D eigenvalue weighted by Gasteiger charge is 2.34. The van der Waals surface area contributed by atoms with Gasteiger partial charge in [-0.05, 0) is 38.8 Å². The van der Waals surface area contributed by atoms with E-state index in [0.29, 0.717) is 13.0 Å². The van der Waals surface area contributed by atoms with Crippen molar-refractivity contribution in [3.8, 4) is 0 Å². The third kappa shape index (κ3) is 4.28. The van der Waals surface area contributed by atoms with Gasteiger partial charge in [-0.3, -0.25) is 0 Å². The maximum Gasteiger partial charge on any atom is 0.214 e. The number of piperidine rings is 1. The van der Waals surface area contributed by atoms with Gasteiger partial charge in [-0.1, -0.05) is 36.8 Å². The molecule has 1 saturated heterocycles. The molecule has 0 aliphatic carbocycles. The molecule has 0 bridgehead atoms. The van der Waals surface area contributed by atoms with Crippen LogP contribution in [0.3, 0.4) is 0 Å². The first-order chi connectivity index (χ1) is 10.0. The predicted octanol–water partition coefficient (Wildman–Crippen LogP) is 2.02. The Labute approximate surface area is 128 Å². The predicted molar refractivity (Wildman–Crippen MR) is 86.8 cm³/mol. The Morgan fingerprint density at radius 3 is 2.67 bits per heavy atom. The zero-order valence-electron chi connectivity index (χ0n) is 13.0. The highest BCUT2D eigenvalue weighted by molar-refractivity contribution is 7.89. The first-order valence-corrected chi connectivity index (χ1v) is 9.36. The lowest BCUT2D eigenvalue weighted by atomic mass is 9.99. The van der Waals surface area contributed by atoms with Crippen LogP contribution < -0.4 is 5.32 Å². The van der Waals surface area contributed by atoms with Crippen LogP contribution in [-0.2, 0) is 16.4 Å². The monoisotopic (exact) mass is 310 g/mol. The molecular formula is C16H26N2O2S. The van der Waals surface area contributed by atoms with Gasteiger partial charge in [0.2, 0.25) is 10.0 Å². The van der Waals surface area contributed by atoms with Crippen molar-refractivity contribution in [3.05, 3.63) is 35.9 Å². The van der Waals surface area contributed by atoms with Gasteiger partial charge in [0.05, 0.1) is 5.75 Å². The SMILES string of the molecule is CNC(C)C1CCCCN1S(=O)(=O)CCc1ccccc1. The molecule has 1 aliphatic heterocycles. The van der Waals surface area contributed by atoms with Gasteiger partial charge in [-0.25, -0.2) is 8.42 Å². The van der Waals surface area contributed by atoms with Crippen LogP contribution in [0.4, 0.5) is 0 Å². The zero-order valence-corrected chi connectivity index (χ0v) is 13.8. The standard InChI is InChI=1S/C16H26N2O2S/c1-14(17-2)16-10-6-7-12-18(16)21(19,20)13-11-15-8-4-3-5-9-15/h3-5,8-9,14,16-17H,6-7,10-13H2,1-2H3. The topological polar surface area (TPSA) is 49.4 Å². The average molecular weight is 310 g/mol. The molecule has 1 aromatic carbocycles. The molecule has 0 amide bonds. The number of nitrogens with one attached hydrogen (secondary N) is 1. The van der Waals surface area contributed by atoms with Gasteiger partial charge >= 0.3 is 0 Å². The summed E-state index contributed by atoms with van der Waals surface area (Å²) < 4.78 is 27.1. The van der Waals surface area contributed by atoms with E-state index in [1.807, 2.05) is 37.4 Å². The Morgan fingerprint density at radius 1 is 1.29 bits per heavy atom. The normalized spacial score (nSPS) is 22.1. The van der Waals surface area contributed by atoms with Crippen molar-refractivity contribution in [1.82, 2.24) is 9.62 Å². The van der Waals surface area contributed by atoms with E-state index in [2.05, 4.69) is 12.2 Å². The molecule has 2 atom stereocenters. The second-order valence-corrected chi connectivity index (χ2v) is 7.84. The van der Waals surface area contributed by atoms with Crippen LogP contribution in [0.5, 0.6) is 0 Å². The van der Waals surface area contributed by atoms with Crippen LogP contribution in [0.2, 0.25) is 0 Å². The van der Waals surface area contributed by atoms with Crippen molar-refractivity contribution in [3.63, 3.8) is 0 Å². The van der Waals surface area contributed by atoms with Crippen molar-refractivity contribution < 1.29 is 8.42 Å². The van der Waals surface area contributed by atoms with E-state index in [9.17, 15) is 8.42 Å². The second kappa shape index (κ2) is 7.38. The summed E-state index contributed by atoms with van der Waals surface area (Å²) in [5.74, 6) is 0.198. The van der Waals surface area contributed by atoms with Gasteiger partial charge in [0.25, 0.3) is 0 Å². The van der Waals surface area contributed by atoms with Crippen LogP contribution in [0.1, 0.15) is 31.7 Å². The fraction of sp³-hybridized carbons (Fsp3) is 0.625. The molecular weight excluding hydrogens is 284 g/mol. The summed E-state index contributed by atoms with van der Waals surface area (Å²) in [5.41, 5.74) is 1.08. The summed E-state index contributed by atoms with van der Waals surface area (Å²) in [6.45, 7) is 2.73. The molecule has 0 spiro atoms. The molecule has 2 unspecified atom stereocenters. The number of aryl methyl sites for hydroxylation is 1. The fourth-order valence-electron chi connectivity index (χ4n) is 2.98. The van der Waals surface area contributed by atoms with Gasteiger partial charge in [0.1, 0.15) is 0 Å². The number of nitrogens with zero attached hydrogens (tertiary/aromatic N) is 1. The van der Waals surface area contributed by atoms with Crippen LogP contribution in [0.15, 0.2) is 30.3 Å². The van der Waals surface area contributed by atoms with E-state index in [1.165, 1.54) is 0 Å². The van der Waals surface area contributed by atoms with Gasteiger partial charge < -0.3 is 5.32 Å². The summed E-state index contributed by atoms with van der Waals surface area (Å²) in [7, 11) is -1.30. The summed E-state index contributed by atoms with van der Waals surface area (Å²) >= 11 is 0. The highest BCUT2D eigenvalue weighted by Crippen LogP contribution is 2.23. The minimum Gasteiger partial charge on any atom is -0.316 e. The lowest BCUT2D eigenvalue weighted by molar-refractivity contribution is 0.213. The molecule has 4 nitrogen and oxygen atoms in total. The average Bonchev–Trinajstić information content (AvgIpc) is 2.53. The lowest BCUT2D eigenvalue weighted by Gasteiger charge is -2.38. The molecule has 1 aromatic rings. The first kappa shape index (κ1) is 16.5. The molecule has 0 radical (unpaired) electrons. The van der Waals surface area contributed by atoms with E-state index in [4.69, 9.17) is 0 Å². The van der Waals surface area contributed by atoms with Crippen LogP contribution in [0, 0.1) is 0 Å². The molecule has 1 fully saturated rings. The lowest BCUT2D eigenvalue weighted by Crippen LogP contribution is -2.53. The Kier molecular flexibility index (Phi) is 5.79. The molecule has 21 heavy (non-hydrogen) atoms. The zero-order chi connectivity index (χ0) is 15.3. The number of hydrogen-bond acceptors (Lipinski definition) is 3. The number of benzene rings is 1. The molecule has 1 heterocycles. The number of likely N-dealkylation sites (N-methyl/N-ethyl adjacent to an activating group) is 1. The van der Waals surface area contributed by atoms with Crippen LogP contribution in [0.25, 0.3) is 0 Å². The molecule has 2 rings (SSSR count). The Bertz CT molecular complexity index is 530. The van der Waals surface area contributed by atoms with E-state index < -0.39 is 10.0 Å². The Balaban J connectivity index is 2.06. The van der Waals surface area contributed by atoms with Gasteiger partial charge in [-0.2, -0.15) is 4.31 Å². The summed E-state index contributed by atoms with van der Waals surface area (Å²) in [5, 5.41) is 3.20. The smallest absolute Gasteiger partial charge is 0.214 e. The van der Waals surface area contributed by atoms with Gasteiger partial charge in [-0.15, -0.1) is 0 Å². The molecule has 5 heteroatoms. The van der Waals surface area contributed by atoms with Crippen molar-refractivity contribution in [2.24, 2.45) is 0 Å². The summed E-state index contributed by atoms with van der Waals surface area (Å²) in [6, 6.07) is 10.1. The van der Waals surface area contributed by atoms with Crippen molar-refractivity contribution in [2.45, 2.75) is 44.7 Å². The number of rotatable bonds is 6. The van der Waals surface area contributed by atoms with Crippen LogP contribution >= 0.6 is 0 Å². The van der Waals surface area contributed by atoms with E-state index in [1.54, 1.807) is 4.31 Å². The minimum absolute atomic E-state index is 0.0875. The molecule has 0 aromatic heterocycles. The molecule has 118 valence electrons. The summed E-state index contributed by atoms with van der Waals surface area (Å²) in [6.07, 6.45) is 3.62.